The highest BCUT2D eigenvalue weighted by Gasteiger charge is 2.24. The Morgan fingerprint density at radius 2 is 2.03 bits per heavy atom. The smallest absolute Gasteiger partial charge is 0.404 e. The summed E-state index contributed by atoms with van der Waals surface area (Å²) in [5.41, 5.74) is 2.53. The fraction of sp³-hybridized carbons (Fsp3) is 0.318. The number of hydrogen-bond donors (Lipinski definition) is 3. The standard InChI is InChI=1S/C22H24N4O3.ClH/c1-14-8-9-16-18(11-14)24-20(17-6-2-3-7-19(17)27)25-21(16)26-10-4-5-15(13-26)12-23-22(28)29;/h2-3,6-9,11,15,23,27H,4-5,10,12-13H2,1H3,(H,28,29);1H/t15-;/m1./s1. The van der Waals surface area contributed by atoms with E-state index in [1.165, 1.54) is 0 Å². The monoisotopic (exact) mass is 428 g/mol. The summed E-state index contributed by atoms with van der Waals surface area (Å²) in [5, 5.41) is 22.7. The van der Waals surface area contributed by atoms with Gasteiger partial charge in [0.1, 0.15) is 11.6 Å². The van der Waals surface area contributed by atoms with Gasteiger partial charge in [-0.2, -0.15) is 0 Å². The molecule has 1 fully saturated rings. The molecular weight excluding hydrogens is 404 g/mol. The number of para-hydroxylation sites is 1. The minimum absolute atomic E-state index is 0. The van der Waals surface area contributed by atoms with Gasteiger partial charge in [0.25, 0.3) is 0 Å². The van der Waals surface area contributed by atoms with Crippen molar-refractivity contribution in [1.82, 2.24) is 15.3 Å². The highest BCUT2D eigenvalue weighted by Crippen LogP contribution is 2.33. The van der Waals surface area contributed by atoms with Crippen LogP contribution < -0.4 is 10.2 Å². The lowest BCUT2D eigenvalue weighted by atomic mass is 9.97. The lowest BCUT2D eigenvalue weighted by molar-refractivity contribution is 0.191. The first-order valence-corrected chi connectivity index (χ1v) is 9.80. The second-order valence-electron chi connectivity index (χ2n) is 7.55. The van der Waals surface area contributed by atoms with E-state index in [-0.39, 0.29) is 24.1 Å². The number of carbonyl (C=O) groups is 1. The maximum atomic E-state index is 10.9. The van der Waals surface area contributed by atoms with Gasteiger partial charge in [-0.15, -0.1) is 12.4 Å². The van der Waals surface area contributed by atoms with E-state index in [1.54, 1.807) is 12.1 Å². The molecule has 1 aromatic heterocycles. The molecule has 158 valence electrons. The number of piperidine rings is 1. The van der Waals surface area contributed by atoms with E-state index in [4.69, 9.17) is 15.1 Å². The maximum Gasteiger partial charge on any atom is 0.404 e. The Hall–Kier alpha value is -3.06. The Kier molecular flexibility index (Phi) is 6.62. The first kappa shape index (κ1) is 21.6. The lowest BCUT2D eigenvalue weighted by Crippen LogP contribution is -2.41. The number of aryl methyl sites for hydroxylation is 1. The minimum Gasteiger partial charge on any atom is -0.507 e. The summed E-state index contributed by atoms with van der Waals surface area (Å²) < 4.78 is 0. The van der Waals surface area contributed by atoms with Crippen LogP contribution in [0, 0.1) is 12.8 Å². The SMILES string of the molecule is Cc1ccc2c(N3CCC[C@H](CNC(=O)O)C3)nc(-c3ccccc3O)nc2c1.Cl. The van der Waals surface area contributed by atoms with Crippen molar-refractivity contribution in [2.24, 2.45) is 5.92 Å². The summed E-state index contributed by atoms with van der Waals surface area (Å²) >= 11 is 0. The number of amides is 1. The topological polar surface area (TPSA) is 98.6 Å². The molecule has 1 saturated heterocycles. The number of fused-ring (bicyclic) bond motifs is 1. The fourth-order valence-corrected chi connectivity index (χ4v) is 3.90. The molecule has 2 heterocycles. The van der Waals surface area contributed by atoms with Crippen LogP contribution in [0.3, 0.4) is 0 Å². The van der Waals surface area contributed by atoms with Crippen LogP contribution >= 0.6 is 12.4 Å². The molecule has 3 aromatic rings. The molecule has 2 aromatic carbocycles. The van der Waals surface area contributed by atoms with Crippen LogP contribution in [0.5, 0.6) is 5.75 Å². The number of benzene rings is 2. The third kappa shape index (κ3) is 4.57. The first-order chi connectivity index (χ1) is 14.0. The molecule has 0 radical (unpaired) electrons. The van der Waals surface area contributed by atoms with Crippen molar-refractivity contribution in [1.29, 1.82) is 0 Å². The van der Waals surface area contributed by atoms with Gasteiger partial charge in [0, 0.05) is 25.0 Å². The van der Waals surface area contributed by atoms with Crippen LogP contribution in [0.15, 0.2) is 42.5 Å². The average Bonchev–Trinajstić information content (AvgIpc) is 2.72. The molecule has 4 rings (SSSR count). The first-order valence-electron chi connectivity index (χ1n) is 9.80. The van der Waals surface area contributed by atoms with Gasteiger partial charge in [-0.3, -0.25) is 0 Å². The van der Waals surface area contributed by atoms with E-state index in [9.17, 15) is 9.90 Å². The van der Waals surface area contributed by atoms with E-state index < -0.39 is 6.09 Å². The Balaban J connectivity index is 0.00000256. The van der Waals surface area contributed by atoms with Crippen molar-refractivity contribution >= 4 is 35.2 Å². The minimum atomic E-state index is -0.994. The third-order valence-electron chi connectivity index (χ3n) is 5.34. The highest BCUT2D eigenvalue weighted by atomic mass is 35.5. The Morgan fingerprint density at radius 3 is 2.80 bits per heavy atom. The molecule has 1 amide bonds. The number of phenols is 1. The number of aromatic nitrogens is 2. The van der Waals surface area contributed by atoms with E-state index in [2.05, 4.69) is 10.2 Å². The lowest BCUT2D eigenvalue weighted by Gasteiger charge is -2.34. The van der Waals surface area contributed by atoms with Crippen molar-refractivity contribution in [2.45, 2.75) is 19.8 Å². The highest BCUT2D eigenvalue weighted by molar-refractivity contribution is 5.92. The predicted molar refractivity (Wildman–Crippen MR) is 120 cm³/mol. The van der Waals surface area contributed by atoms with Crippen LogP contribution in [-0.2, 0) is 0 Å². The number of hydrogen-bond acceptors (Lipinski definition) is 5. The second-order valence-corrected chi connectivity index (χ2v) is 7.55. The van der Waals surface area contributed by atoms with Gasteiger partial charge in [0.05, 0.1) is 11.1 Å². The second kappa shape index (κ2) is 9.17. The van der Waals surface area contributed by atoms with Gasteiger partial charge in [0.15, 0.2) is 5.82 Å². The van der Waals surface area contributed by atoms with E-state index in [0.29, 0.717) is 17.9 Å². The summed E-state index contributed by atoms with van der Waals surface area (Å²) in [6.07, 6.45) is 0.951. The number of halogens is 1. The van der Waals surface area contributed by atoms with Gasteiger partial charge in [0.2, 0.25) is 0 Å². The van der Waals surface area contributed by atoms with Crippen molar-refractivity contribution < 1.29 is 15.0 Å². The van der Waals surface area contributed by atoms with Crippen LogP contribution in [0.25, 0.3) is 22.3 Å². The molecule has 1 atom stereocenters. The van der Waals surface area contributed by atoms with E-state index in [1.807, 2.05) is 37.3 Å². The zero-order chi connectivity index (χ0) is 20.4. The molecule has 1 aliphatic rings. The largest absolute Gasteiger partial charge is 0.507 e. The van der Waals surface area contributed by atoms with Crippen LogP contribution in [0.2, 0.25) is 0 Å². The van der Waals surface area contributed by atoms with Crippen molar-refractivity contribution in [3.63, 3.8) is 0 Å². The molecule has 0 spiro atoms. The summed E-state index contributed by atoms with van der Waals surface area (Å²) in [6, 6.07) is 13.2. The molecular formula is C22H25ClN4O3. The molecule has 8 heteroatoms. The zero-order valence-corrected chi connectivity index (χ0v) is 17.5. The Bertz CT molecular complexity index is 1060. The number of nitrogens with one attached hydrogen (secondary N) is 1. The normalized spacial score (nSPS) is 16.2. The molecule has 3 N–H and O–H groups in total. The molecule has 1 aliphatic heterocycles. The predicted octanol–water partition coefficient (Wildman–Crippen LogP) is 4.22. The van der Waals surface area contributed by atoms with Gasteiger partial charge in [-0.25, -0.2) is 14.8 Å². The van der Waals surface area contributed by atoms with Gasteiger partial charge in [-0.05, 0) is 55.5 Å². The summed E-state index contributed by atoms with van der Waals surface area (Å²) in [5.74, 6) is 1.69. The molecule has 0 bridgehead atoms. The quantitative estimate of drug-likeness (QED) is 0.575. The van der Waals surface area contributed by atoms with Crippen LogP contribution in [0.4, 0.5) is 10.6 Å². The molecule has 30 heavy (non-hydrogen) atoms. The number of carboxylic acid groups (broad SMARTS) is 1. The third-order valence-corrected chi connectivity index (χ3v) is 5.34. The fourth-order valence-electron chi connectivity index (χ4n) is 3.90. The number of phenolic OH excluding ortho intramolecular Hbond substituents is 1. The number of nitrogens with zero attached hydrogens (tertiary/aromatic N) is 3. The zero-order valence-electron chi connectivity index (χ0n) is 16.7. The molecule has 7 nitrogen and oxygen atoms in total. The Morgan fingerprint density at radius 1 is 1.23 bits per heavy atom. The van der Waals surface area contributed by atoms with Gasteiger partial charge >= 0.3 is 6.09 Å². The molecule has 0 unspecified atom stereocenters. The van der Waals surface area contributed by atoms with Crippen molar-refractivity contribution in [2.75, 3.05) is 24.5 Å². The van der Waals surface area contributed by atoms with Gasteiger partial charge < -0.3 is 20.4 Å². The van der Waals surface area contributed by atoms with Crippen molar-refractivity contribution in [3.05, 3.63) is 48.0 Å². The van der Waals surface area contributed by atoms with Gasteiger partial charge in [-0.1, -0.05) is 18.2 Å². The summed E-state index contributed by atoms with van der Waals surface area (Å²) in [7, 11) is 0. The average molecular weight is 429 g/mol. The van der Waals surface area contributed by atoms with Crippen LogP contribution in [0.1, 0.15) is 18.4 Å². The molecule has 0 saturated carbocycles. The summed E-state index contributed by atoms with van der Waals surface area (Å²) in [4.78, 5) is 22.6. The number of rotatable bonds is 4. The summed E-state index contributed by atoms with van der Waals surface area (Å²) in [6.45, 7) is 4.03. The maximum absolute atomic E-state index is 10.9. The van der Waals surface area contributed by atoms with E-state index >= 15 is 0 Å². The molecule has 0 aliphatic carbocycles. The van der Waals surface area contributed by atoms with Crippen LogP contribution in [-0.4, -0.2) is 45.9 Å². The number of anilines is 1. The van der Waals surface area contributed by atoms with E-state index in [0.717, 1.165) is 48.2 Å². The van der Waals surface area contributed by atoms with Crippen molar-refractivity contribution in [3.8, 4) is 17.1 Å². The number of aromatic hydroxyl groups is 1. The Labute approximate surface area is 181 Å².